The van der Waals surface area contributed by atoms with Gasteiger partial charge in [-0.15, -0.1) is 0 Å². The average molecular weight is 300 g/mol. The van der Waals surface area contributed by atoms with Crippen LogP contribution in [0.2, 0.25) is 0 Å². The maximum Gasteiger partial charge on any atom is 0.246 e. The third-order valence-corrected chi connectivity index (χ3v) is 6.34. The van der Waals surface area contributed by atoms with Crippen molar-refractivity contribution in [2.75, 3.05) is 13.1 Å². The minimum absolute atomic E-state index is 0.219. The third kappa shape index (κ3) is 2.75. The van der Waals surface area contributed by atoms with Gasteiger partial charge in [0, 0.05) is 24.8 Å². The Morgan fingerprint density at radius 2 is 2.00 bits per heavy atom. The summed E-state index contributed by atoms with van der Waals surface area (Å²) in [6, 6.07) is 0. The summed E-state index contributed by atoms with van der Waals surface area (Å²) >= 11 is 0. The van der Waals surface area contributed by atoms with Crippen LogP contribution < -0.4 is 5.73 Å². The van der Waals surface area contributed by atoms with Crippen molar-refractivity contribution >= 4 is 10.0 Å². The predicted octanol–water partition coefficient (Wildman–Crippen LogP) is 1.47. The molecule has 1 heterocycles. The van der Waals surface area contributed by atoms with Crippen molar-refractivity contribution in [1.82, 2.24) is 14.5 Å². The minimum atomic E-state index is -3.53. The van der Waals surface area contributed by atoms with Crippen molar-refractivity contribution in [3.05, 3.63) is 12.4 Å². The molecule has 6 nitrogen and oxygen atoms in total. The Balaban J connectivity index is 2.39. The molecule has 0 saturated heterocycles. The normalized spacial score (nSPS) is 19.9. The average Bonchev–Trinajstić information content (AvgIpc) is 2.88. The highest BCUT2D eigenvalue weighted by Crippen LogP contribution is 2.35. The molecular weight excluding hydrogens is 276 g/mol. The van der Waals surface area contributed by atoms with Crippen molar-refractivity contribution in [2.24, 2.45) is 5.73 Å². The Labute approximate surface area is 120 Å². The molecule has 1 aliphatic carbocycles. The second-order valence-electron chi connectivity index (χ2n) is 5.45. The summed E-state index contributed by atoms with van der Waals surface area (Å²) in [6.07, 6.45) is 8.86. The number of nitrogens with one attached hydrogen (secondary N) is 1. The summed E-state index contributed by atoms with van der Waals surface area (Å²) < 4.78 is 27.2. The van der Waals surface area contributed by atoms with Gasteiger partial charge in [0.15, 0.2) is 0 Å². The number of H-pyrrole nitrogens is 1. The summed E-state index contributed by atoms with van der Waals surface area (Å²) in [6.45, 7) is 2.68. The smallest absolute Gasteiger partial charge is 0.246 e. The van der Waals surface area contributed by atoms with Gasteiger partial charge < -0.3 is 5.73 Å². The van der Waals surface area contributed by atoms with Crippen LogP contribution in [0.25, 0.3) is 0 Å². The molecule has 114 valence electrons. The zero-order valence-electron chi connectivity index (χ0n) is 12.0. The molecule has 1 aliphatic rings. The van der Waals surface area contributed by atoms with Crippen LogP contribution in [0.5, 0.6) is 0 Å². The monoisotopic (exact) mass is 300 g/mol. The van der Waals surface area contributed by atoms with Crippen LogP contribution in [0.15, 0.2) is 17.3 Å². The van der Waals surface area contributed by atoms with Crippen LogP contribution in [-0.2, 0) is 10.0 Å². The zero-order valence-corrected chi connectivity index (χ0v) is 12.8. The van der Waals surface area contributed by atoms with Crippen LogP contribution in [-0.4, -0.2) is 41.5 Å². The molecule has 3 N–H and O–H groups in total. The number of sulfonamides is 1. The molecule has 0 atom stereocenters. The van der Waals surface area contributed by atoms with E-state index in [0.717, 1.165) is 38.5 Å². The van der Waals surface area contributed by atoms with E-state index in [1.165, 1.54) is 12.4 Å². The molecule has 0 amide bonds. The zero-order chi connectivity index (χ0) is 14.6. The Bertz CT molecular complexity index is 504. The van der Waals surface area contributed by atoms with Crippen LogP contribution in [0.1, 0.15) is 45.4 Å². The van der Waals surface area contributed by atoms with Gasteiger partial charge in [0.1, 0.15) is 4.90 Å². The van der Waals surface area contributed by atoms with Gasteiger partial charge in [-0.3, -0.25) is 5.10 Å². The number of hydrogen-bond acceptors (Lipinski definition) is 4. The van der Waals surface area contributed by atoms with Crippen LogP contribution in [0, 0.1) is 0 Å². The number of rotatable bonds is 5. The van der Waals surface area contributed by atoms with Crippen LogP contribution >= 0.6 is 0 Å². The first kappa shape index (κ1) is 15.5. The van der Waals surface area contributed by atoms with E-state index in [-0.39, 0.29) is 4.90 Å². The van der Waals surface area contributed by atoms with E-state index in [1.807, 2.05) is 6.92 Å². The Kier molecular flexibility index (Phi) is 4.82. The van der Waals surface area contributed by atoms with Crippen molar-refractivity contribution in [2.45, 2.75) is 55.9 Å². The SMILES string of the molecule is CCN(C1(CN)CCCCCC1)S(=O)(=O)c1cn[nH]c1. The third-order valence-electron chi connectivity index (χ3n) is 4.29. The van der Waals surface area contributed by atoms with Crippen molar-refractivity contribution in [3.8, 4) is 0 Å². The van der Waals surface area contributed by atoms with E-state index in [1.54, 1.807) is 4.31 Å². The first-order valence-electron chi connectivity index (χ1n) is 7.28. The highest BCUT2D eigenvalue weighted by Gasteiger charge is 2.42. The van der Waals surface area contributed by atoms with Crippen LogP contribution in [0.3, 0.4) is 0 Å². The van der Waals surface area contributed by atoms with E-state index in [9.17, 15) is 8.42 Å². The summed E-state index contributed by atoms with van der Waals surface area (Å²) in [5.41, 5.74) is 5.56. The molecule has 2 rings (SSSR count). The van der Waals surface area contributed by atoms with Crippen molar-refractivity contribution in [1.29, 1.82) is 0 Å². The molecule has 0 radical (unpaired) electrons. The van der Waals surface area contributed by atoms with Gasteiger partial charge in [0.05, 0.1) is 6.20 Å². The Morgan fingerprint density at radius 1 is 1.35 bits per heavy atom. The highest BCUT2D eigenvalue weighted by molar-refractivity contribution is 7.89. The van der Waals surface area contributed by atoms with E-state index >= 15 is 0 Å². The number of nitrogens with zero attached hydrogens (tertiary/aromatic N) is 2. The van der Waals surface area contributed by atoms with Gasteiger partial charge in [-0.2, -0.15) is 9.40 Å². The second kappa shape index (κ2) is 6.24. The maximum atomic E-state index is 12.8. The molecule has 1 aromatic heterocycles. The van der Waals surface area contributed by atoms with Crippen molar-refractivity contribution in [3.63, 3.8) is 0 Å². The van der Waals surface area contributed by atoms with Crippen LogP contribution in [0.4, 0.5) is 0 Å². The van der Waals surface area contributed by atoms with E-state index in [2.05, 4.69) is 10.2 Å². The van der Waals surface area contributed by atoms with E-state index in [0.29, 0.717) is 13.1 Å². The molecule has 1 aromatic rings. The molecule has 1 fully saturated rings. The number of aromatic amines is 1. The fraction of sp³-hybridized carbons (Fsp3) is 0.769. The van der Waals surface area contributed by atoms with Gasteiger partial charge in [-0.1, -0.05) is 32.6 Å². The summed E-state index contributed by atoms with van der Waals surface area (Å²) in [4.78, 5) is 0.219. The number of likely N-dealkylation sites (N-methyl/N-ethyl adjacent to an activating group) is 1. The second-order valence-corrected chi connectivity index (χ2v) is 7.31. The number of aromatic nitrogens is 2. The summed E-state index contributed by atoms with van der Waals surface area (Å²) in [5.74, 6) is 0. The van der Waals surface area contributed by atoms with E-state index < -0.39 is 15.6 Å². The lowest BCUT2D eigenvalue weighted by Crippen LogP contribution is -2.55. The van der Waals surface area contributed by atoms with E-state index in [4.69, 9.17) is 5.73 Å². The van der Waals surface area contributed by atoms with Gasteiger partial charge >= 0.3 is 0 Å². The minimum Gasteiger partial charge on any atom is -0.329 e. The molecule has 0 bridgehead atoms. The summed E-state index contributed by atoms with van der Waals surface area (Å²) in [7, 11) is -3.53. The van der Waals surface area contributed by atoms with Crippen molar-refractivity contribution < 1.29 is 8.42 Å². The number of hydrogen-bond donors (Lipinski definition) is 2. The lowest BCUT2D eigenvalue weighted by Gasteiger charge is -2.41. The fourth-order valence-corrected chi connectivity index (χ4v) is 4.96. The largest absolute Gasteiger partial charge is 0.329 e. The fourth-order valence-electron chi connectivity index (χ4n) is 3.21. The quantitative estimate of drug-likeness (QED) is 0.805. The molecule has 0 aliphatic heterocycles. The standard InChI is InChI=1S/C13H24N4O2S/c1-2-17(20(18,19)12-9-15-16-10-12)13(11-14)7-5-3-4-6-8-13/h9-10H,2-8,11,14H2,1H3,(H,15,16). The molecular formula is C13H24N4O2S. The Hall–Kier alpha value is -0.920. The molecule has 0 unspecified atom stereocenters. The maximum absolute atomic E-state index is 12.8. The van der Waals surface area contributed by atoms with Gasteiger partial charge in [0.2, 0.25) is 10.0 Å². The first-order chi connectivity index (χ1) is 9.57. The van der Waals surface area contributed by atoms with Gasteiger partial charge in [-0.05, 0) is 12.8 Å². The molecule has 0 aromatic carbocycles. The van der Waals surface area contributed by atoms with Gasteiger partial charge in [0.25, 0.3) is 0 Å². The lowest BCUT2D eigenvalue weighted by atomic mass is 9.90. The molecule has 20 heavy (non-hydrogen) atoms. The lowest BCUT2D eigenvalue weighted by molar-refractivity contribution is 0.174. The summed E-state index contributed by atoms with van der Waals surface area (Å²) in [5, 5.41) is 6.33. The topological polar surface area (TPSA) is 92.1 Å². The predicted molar refractivity (Wildman–Crippen MR) is 77.6 cm³/mol. The number of nitrogens with two attached hydrogens (primary N) is 1. The highest BCUT2D eigenvalue weighted by atomic mass is 32.2. The Morgan fingerprint density at radius 3 is 2.45 bits per heavy atom. The first-order valence-corrected chi connectivity index (χ1v) is 8.72. The molecule has 1 saturated carbocycles. The van der Waals surface area contributed by atoms with Gasteiger partial charge in [-0.25, -0.2) is 8.42 Å². The molecule has 7 heteroatoms. The molecule has 0 spiro atoms.